The first-order valence-electron chi connectivity index (χ1n) is 13.8. The van der Waals surface area contributed by atoms with E-state index in [1.807, 2.05) is 73.1 Å². The molecule has 1 saturated heterocycles. The van der Waals surface area contributed by atoms with Crippen molar-refractivity contribution in [3.05, 3.63) is 143 Å². The summed E-state index contributed by atoms with van der Waals surface area (Å²) < 4.78 is 15.8. The zero-order valence-corrected chi connectivity index (χ0v) is 23.5. The van der Waals surface area contributed by atoms with E-state index in [-0.39, 0.29) is 11.7 Å². The number of halogens is 1. The maximum absolute atomic E-state index is 13.7. The quantitative estimate of drug-likeness (QED) is 0.197. The molecule has 0 saturated carbocycles. The van der Waals surface area contributed by atoms with Crippen molar-refractivity contribution >= 4 is 56.4 Å². The Morgan fingerprint density at radius 3 is 2.64 bits per heavy atom. The van der Waals surface area contributed by atoms with Crippen LogP contribution in [-0.4, -0.2) is 32.1 Å². The zero-order valence-electron chi connectivity index (χ0n) is 22.7. The van der Waals surface area contributed by atoms with Gasteiger partial charge in [-0.3, -0.25) is 9.69 Å². The van der Waals surface area contributed by atoms with Crippen molar-refractivity contribution < 1.29 is 9.18 Å². The number of carbonyl (C=O) groups excluding carboxylic acids is 1. The van der Waals surface area contributed by atoms with E-state index in [0.717, 1.165) is 33.2 Å². The van der Waals surface area contributed by atoms with Crippen LogP contribution >= 0.6 is 11.8 Å². The Labute approximate surface area is 247 Å². The third-order valence-electron chi connectivity index (χ3n) is 7.48. The molecule has 7 heteroatoms. The smallest absolute Gasteiger partial charge is 0.266 e. The van der Waals surface area contributed by atoms with Crippen molar-refractivity contribution in [3.8, 4) is 0 Å². The second kappa shape index (κ2) is 11.2. The maximum Gasteiger partial charge on any atom is 0.266 e. The molecule has 42 heavy (non-hydrogen) atoms. The van der Waals surface area contributed by atoms with Gasteiger partial charge >= 0.3 is 0 Å². The van der Waals surface area contributed by atoms with E-state index in [9.17, 15) is 9.18 Å². The molecule has 6 aromatic rings. The number of carbonyl (C=O) groups is 1. The lowest BCUT2D eigenvalue weighted by Gasteiger charge is -2.15. The molecule has 1 N–H and O–H groups in total. The lowest BCUT2D eigenvalue weighted by atomic mass is 10.1. The molecule has 0 unspecified atom stereocenters. The van der Waals surface area contributed by atoms with Crippen LogP contribution < -0.4 is 0 Å². The fourth-order valence-corrected chi connectivity index (χ4v) is 6.43. The van der Waals surface area contributed by atoms with E-state index in [1.165, 1.54) is 28.8 Å². The first-order valence-corrected chi connectivity index (χ1v) is 14.7. The standard InChI is InChI=1S/C35H27FN4OS/c36-28-8-6-7-25(20-28)23-39-17-15-26-19-24(13-14-32(26)39)21-33-34(41)40(35(42-33)38-29-9-2-1-3-10-29)18-16-27-22-37-31-12-5-4-11-30(27)31/h1-15,17,19-22,37H,16,18,23H2/b33-21+,38-35?. The number of para-hydroxylation sites is 2. The molecule has 3 heterocycles. The predicted octanol–water partition coefficient (Wildman–Crippen LogP) is 8.16. The molecule has 0 atom stereocenters. The Morgan fingerprint density at radius 2 is 1.76 bits per heavy atom. The molecule has 1 aliphatic rings. The lowest BCUT2D eigenvalue weighted by Crippen LogP contribution is -2.31. The summed E-state index contributed by atoms with van der Waals surface area (Å²) in [6.45, 7) is 1.11. The molecule has 0 bridgehead atoms. The van der Waals surface area contributed by atoms with Gasteiger partial charge in [-0.2, -0.15) is 0 Å². The number of rotatable bonds is 7. The minimum absolute atomic E-state index is 0.0432. The molecule has 4 aromatic carbocycles. The summed E-state index contributed by atoms with van der Waals surface area (Å²) in [5.41, 5.74) is 5.98. The van der Waals surface area contributed by atoms with Crippen molar-refractivity contribution in [3.63, 3.8) is 0 Å². The van der Waals surface area contributed by atoms with Crippen LogP contribution in [0.4, 0.5) is 10.1 Å². The normalized spacial score (nSPS) is 15.5. The number of aromatic nitrogens is 2. The number of thioether (sulfide) groups is 1. The average molecular weight is 571 g/mol. The molecule has 7 rings (SSSR count). The van der Waals surface area contributed by atoms with Crippen LogP contribution in [0.5, 0.6) is 0 Å². The van der Waals surface area contributed by atoms with Gasteiger partial charge in [0.05, 0.1) is 10.6 Å². The van der Waals surface area contributed by atoms with E-state index >= 15 is 0 Å². The number of fused-ring (bicyclic) bond motifs is 2. The molecule has 0 radical (unpaired) electrons. The van der Waals surface area contributed by atoms with Gasteiger partial charge in [-0.25, -0.2) is 9.38 Å². The Bertz CT molecular complexity index is 1990. The topological polar surface area (TPSA) is 53.4 Å². The first-order chi connectivity index (χ1) is 20.6. The number of H-pyrrole nitrogens is 1. The van der Waals surface area contributed by atoms with E-state index in [0.29, 0.717) is 29.6 Å². The Morgan fingerprint density at radius 1 is 0.905 bits per heavy atom. The van der Waals surface area contributed by atoms with E-state index in [1.54, 1.807) is 17.0 Å². The van der Waals surface area contributed by atoms with Crippen LogP contribution in [0.2, 0.25) is 0 Å². The minimum atomic E-state index is -0.234. The van der Waals surface area contributed by atoms with E-state index in [4.69, 9.17) is 4.99 Å². The number of aliphatic imine (C=N–C) groups is 1. The van der Waals surface area contributed by atoms with Crippen LogP contribution in [0.3, 0.4) is 0 Å². The summed E-state index contributed by atoms with van der Waals surface area (Å²) in [6, 6.07) is 32.8. The number of amidine groups is 1. The van der Waals surface area contributed by atoms with Crippen molar-refractivity contribution in [2.75, 3.05) is 6.54 Å². The molecule has 0 spiro atoms. The van der Waals surface area contributed by atoms with Gasteiger partial charge < -0.3 is 9.55 Å². The molecule has 1 fully saturated rings. The molecule has 5 nitrogen and oxygen atoms in total. The number of hydrogen-bond donors (Lipinski definition) is 1. The summed E-state index contributed by atoms with van der Waals surface area (Å²) >= 11 is 1.41. The Hall–Kier alpha value is -4.88. The maximum atomic E-state index is 13.7. The van der Waals surface area contributed by atoms with Gasteiger partial charge in [0, 0.05) is 47.3 Å². The van der Waals surface area contributed by atoms with Gasteiger partial charge in [0.2, 0.25) is 0 Å². The van der Waals surface area contributed by atoms with Crippen LogP contribution in [0.25, 0.3) is 27.9 Å². The Balaban J connectivity index is 1.16. The highest BCUT2D eigenvalue weighted by Crippen LogP contribution is 2.35. The number of nitrogens with zero attached hydrogens (tertiary/aromatic N) is 3. The third kappa shape index (κ3) is 5.27. The second-order valence-electron chi connectivity index (χ2n) is 10.3. The van der Waals surface area contributed by atoms with Crippen molar-refractivity contribution in [2.24, 2.45) is 4.99 Å². The summed E-state index contributed by atoms with van der Waals surface area (Å²) in [5.74, 6) is -0.277. The van der Waals surface area contributed by atoms with Gasteiger partial charge in [0.15, 0.2) is 5.17 Å². The summed E-state index contributed by atoms with van der Waals surface area (Å²) in [7, 11) is 0. The van der Waals surface area contributed by atoms with Gasteiger partial charge in [0.1, 0.15) is 5.82 Å². The molecular weight excluding hydrogens is 543 g/mol. The number of aromatic amines is 1. The largest absolute Gasteiger partial charge is 0.361 e. The number of nitrogens with one attached hydrogen (secondary N) is 1. The van der Waals surface area contributed by atoms with E-state index < -0.39 is 0 Å². The van der Waals surface area contributed by atoms with Gasteiger partial charge in [-0.15, -0.1) is 0 Å². The average Bonchev–Trinajstić information content (AvgIpc) is 3.68. The van der Waals surface area contributed by atoms with Crippen LogP contribution in [-0.2, 0) is 17.8 Å². The molecule has 1 amide bonds. The third-order valence-corrected chi connectivity index (χ3v) is 8.49. The number of amides is 1. The highest BCUT2D eigenvalue weighted by molar-refractivity contribution is 8.18. The zero-order chi connectivity index (χ0) is 28.5. The van der Waals surface area contributed by atoms with E-state index in [2.05, 4.69) is 39.9 Å². The van der Waals surface area contributed by atoms with Gasteiger partial charge in [-0.05, 0) is 89.5 Å². The fraction of sp³-hybridized carbons (Fsp3) is 0.0857. The summed E-state index contributed by atoms with van der Waals surface area (Å²) in [6.07, 6.45) is 6.70. The van der Waals surface area contributed by atoms with Crippen LogP contribution in [0.1, 0.15) is 16.7 Å². The van der Waals surface area contributed by atoms with Crippen LogP contribution in [0, 0.1) is 5.82 Å². The lowest BCUT2D eigenvalue weighted by molar-refractivity contribution is -0.122. The fourth-order valence-electron chi connectivity index (χ4n) is 5.40. The molecule has 0 aliphatic carbocycles. The molecule has 1 aliphatic heterocycles. The molecular formula is C35H27FN4OS. The number of hydrogen-bond acceptors (Lipinski definition) is 3. The van der Waals surface area contributed by atoms with Crippen LogP contribution in [0.15, 0.2) is 125 Å². The highest BCUT2D eigenvalue weighted by atomic mass is 32.2. The second-order valence-corrected chi connectivity index (χ2v) is 11.3. The summed E-state index contributed by atoms with van der Waals surface area (Å²) in [5, 5.41) is 2.91. The summed E-state index contributed by atoms with van der Waals surface area (Å²) in [4.78, 5) is 24.4. The van der Waals surface area contributed by atoms with Gasteiger partial charge in [0.25, 0.3) is 5.91 Å². The van der Waals surface area contributed by atoms with Gasteiger partial charge in [-0.1, -0.05) is 54.6 Å². The molecule has 2 aromatic heterocycles. The van der Waals surface area contributed by atoms with Crippen molar-refractivity contribution in [1.29, 1.82) is 0 Å². The SMILES string of the molecule is O=C1/C(=C\c2ccc3c(ccn3Cc3cccc(F)c3)c2)SC(=Nc2ccccc2)N1CCc1c[nH]c2ccccc12. The number of benzene rings is 4. The first kappa shape index (κ1) is 26.0. The highest BCUT2D eigenvalue weighted by Gasteiger charge is 2.33. The minimum Gasteiger partial charge on any atom is -0.361 e. The van der Waals surface area contributed by atoms with Crippen molar-refractivity contribution in [2.45, 2.75) is 13.0 Å². The Kier molecular flexibility index (Phi) is 6.93. The monoisotopic (exact) mass is 570 g/mol. The predicted molar refractivity (Wildman–Crippen MR) is 170 cm³/mol. The molecule has 206 valence electrons. The van der Waals surface area contributed by atoms with Crippen molar-refractivity contribution in [1.82, 2.24) is 14.5 Å².